The number of anilines is 2. The topological polar surface area (TPSA) is 116 Å². The lowest BCUT2D eigenvalue weighted by Crippen LogP contribution is -2.52. The molecule has 1 unspecified atom stereocenters. The summed E-state index contributed by atoms with van der Waals surface area (Å²) in [5, 5.41) is 14.3. The lowest BCUT2D eigenvalue weighted by atomic mass is 10.1. The number of rotatable bonds is 4. The van der Waals surface area contributed by atoms with Gasteiger partial charge in [0.25, 0.3) is 6.23 Å². The zero-order valence-corrected chi connectivity index (χ0v) is 16.0. The predicted molar refractivity (Wildman–Crippen MR) is 107 cm³/mol. The van der Waals surface area contributed by atoms with Gasteiger partial charge in [-0.05, 0) is 12.5 Å². The van der Waals surface area contributed by atoms with E-state index in [4.69, 9.17) is 4.74 Å². The first-order chi connectivity index (χ1) is 14.4. The number of aliphatic carboxylic acids is 1. The Morgan fingerprint density at radius 3 is 3.03 bits per heavy atom. The minimum absolute atomic E-state index is 0.0120. The lowest BCUT2D eigenvalue weighted by molar-refractivity contribution is -0.146. The van der Waals surface area contributed by atoms with Crippen LogP contribution >= 0.6 is 0 Å². The molecule has 2 aliphatic rings. The average Bonchev–Trinajstić information content (AvgIpc) is 3.38. The van der Waals surface area contributed by atoms with E-state index in [-0.39, 0.29) is 28.3 Å². The minimum Gasteiger partial charge on any atom is -0.477 e. The van der Waals surface area contributed by atoms with Crippen LogP contribution in [0.3, 0.4) is 0 Å². The first kappa shape index (κ1) is 18.3. The van der Waals surface area contributed by atoms with Crippen LogP contribution < -0.4 is 25.4 Å². The molecule has 5 rings (SSSR count). The van der Waals surface area contributed by atoms with E-state index in [0.717, 1.165) is 6.42 Å². The number of ether oxygens (including phenoxy) is 1. The van der Waals surface area contributed by atoms with Crippen LogP contribution in [-0.2, 0) is 4.79 Å². The summed E-state index contributed by atoms with van der Waals surface area (Å²) in [6.45, 7) is 0.992. The van der Waals surface area contributed by atoms with Gasteiger partial charge in [-0.25, -0.2) is 14.2 Å². The molecule has 156 valence electrons. The highest BCUT2D eigenvalue weighted by Gasteiger charge is 2.37. The van der Waals surface area contributed by atoms with Gasteiger partial charge in [0.1, 0.15) is 11.2 Å². The molecule has 2 atom stereocenters. The summed E-state index contributed by atoms with van der Waals surface area (Å²) in [7, 11) is 1.54. The van der Waals surface area contributed by atoms with Crippen molar-refractivity contribution in [2.45, 2.75) is 18.7 Å². The van der Waals surface area contributed by atoms with Gasteiger partial charge in [0.05, 0.1) is 5.39 Å². The predicted octanol–water partition coefficient (Wildman–Crippen LogP) is 0.925. The van der Waals surface area contributed by atoms with Crippen LogP contribution in [-0.4, -0.2) is 58.1 Å². The number of benzene rings is 1. The number of H-pyrrole nitrogens is 1. The maximum absolute atomic E-state index is 15.2. The Hall–Kier alpha value is -3.76. The van der Waals surface area contributed by atoms with E-state index < -0.39 is 18.0 Å². The molecule has 3 N–H and O–H groups in total. The Morgan fingerprint density at radius 1 is 1.47 bits per heavy atom. The van der Waals surface area contributed by atoms with Crippen molar-refractivity contribution in [1.82, 2.24) is 14.6 Å². The Balaban J connectivity index is 1.60. The van der Waals surface area contributed by atoms with Crippen LogP contribution in [0.5, 0.6) is 5.75 Å². The number of imidazole rings is 1. The van der Waals surface area contributed by atoms with E-state index in [1.807, 2.05) is 0 Å². The lowest BCUT2D eigenvalue weighted by Gasteiger charge is -2.37. The number of aromatic amines is 1. The fourth-order valence-electron chi connectivity index (χ4n) is 4.12. The van der Waals surface area contributed by atoms with Crippen LogP contribution in [0.1, 0.15) is 6.42 Å². The van der Waals surface area contributed by atoms with E-state index in [9.17, 15) is 14.7 Å². The van der Waals surface area contributed by atoms with Crippen molar-refractivity contribution >= 4 is 28.5 Å². The molecule has 11 heteroatoms. The van der Waals surface area contributed by atoms with Gasteiger partial charge in [-0.15, -0.1) is 0 Å². The van der Waals surface area contributed by atoms with Gasteiger partial charge in [0, 0.05) is 50.8 Å². The van der Waals surface area contributed by atoms with Gasteiger partial charge in [0.2, 0.25) is 0 Å². The number of carboxylic acid groups (broad SMARTS) is 1. The first-order valence-electron chi connectivity index (χ1n) is 9.45. The fraction of sp³-hybridized carbons (Fsp3) is 0.316. The Kier molecular flexibility index (Phi) is 4.05. The molecule has 0 bridgehead atoms. The number of aromatic nitrogens is 3. The minimum atomic E-state index is -1.36. The molecular formula is C19H19FN6O4. The summed E-state index contributed by atoms with van der Waals surface area (Å²) in [4.78, 5) is 33.0. The highest BCUT2D eigenvalue weighted by Crippen LogP contribution is 2.42. The van der Waals surface area contributed by atoms with Crippen molar-refractivity contribution in [3.05, 3.63) is 46.8 Å². The molecule has 4 heterocycles. The molecular weight excluding hydrogens is 395 g/mol. The van der Waals surface area contributed by atoms with Crippen molar-refractivity contribution in [1.29, 1.82) is 0 Å². The second-order valence-corrected chi connectivity index (χ2v) is 7.35. The fourth-order valence-corrected chi connectivity index (χ4v) is 4.12. The smallest absolute Gasteiger partial charge is 0.368 e. The summed E-state index contributed by atoms with van der Waals surface area (Å²) < 4.78 is 22.5. The number of carbonyl (C=O) groups is 1. The summed E-state index contributed by atoms with van der Waals surface area (Å²) in [5.74, 6) is -1.16. The molecule has 10 nitrogen and oxygen atoms in total. The van der Waals surface area contributed by atoms with E-state index in [1.165, 1.54) is 35.1 Å². The monoisotopic (exact) mass is 414 g/mol. The Morgan fingerprint density at radius 2 is 2.30 bits per heavy atom. The van der Waals surface area contributed by atoms with Gasteiger partial charge in [-0.2, -0.15) is 0 Å². The van der Waals surface area contributed by atoms with Crippen LogP contribution in [0, 0.1) is 5.82 Å². The number of hydrogen-bond donors (Lipinski definition) is 3. The number of likely N-dealkylation sites (N-methyl/N-ethyl adjacent to an activating group) is 1. The molecule has 2 aromatic heterocycles. The molecule has 1 fully saturated rings. The largest absolute Gasteiger partial charge is 0.477 e. The molecule has 0 aliphatic carbocycles. The van der Waals surface area contributed by atoms with Gasteiger partial charge in [-0.3, -0.25) is 14.5 Å². The number of pyridine rings is 1. The molecule has 0 spiro atoms. The Bertz CT molecular complexity index is 1190. The SMILES string of the molecule is CN1C(C(=O)O)Oc2c(N3CC[C@H](Nc4ncc[nH]4)C3)c(F)cc3c(=O)ccn1c23. The molecule has 1 aromatic carbocycles. The van der Waals surface area contributed by atoms with Crippen molar-refractivity contribution in [3.63, 3.8) is 0 Å². The number of nitrogens with one attached hydrogen (secondary N) is 2. The molecule has 0 radical (unpaired) electrons. The molecule has 30 heavy (non-hydrogen) atoms. The normalized spacial score (nSPS) is 20.5. The summed E-state index contributed by atoms with van der Waals surface area (Å²) >= 11 is 0. The zero-order valence-electron chi connectivity index (χ0n) is 16.0. The molecule has 0 amide bonds. The third kappa shape index (κ3) is 2.73. The van der Waals surface area contributed by atoms with Crippen molar-refractivity contribution < 1.29 is 19.0 Å². The van der Waals surface area contributed by atoms with Gasteiger partial charge >= 0.3 is 5.97 Å². The molecule has 3 aromatic rings. The average molecular weight is 414 g/mol. The maximum Gasteiger partial charge on any atom is 0.368 e. The summed E-state index contributed by atoms with van der Waals surface area (Å²) in [5.41, 5.74) is 0.142. The van der Waals surface area contributed by atoms with Crippen LogP contribution in [0.15, 0.2) is 35.5 Å². The maximum atomic E-state index is 15.2. The molecule has 1 saturated heterocycles. The quantitative estimate of drug-likeness (QED) is 0.577. The van der Waals surface area contributed by atoms with Crippen molar-refractivity contribution in [2.75, 3.05) is 35.4 Å². The zero-order chi connectivity index (χ0) is 21.0. The molecule has 0 saturated carbocycles. The van der Waals surface area contributed by atoms with Crippen molar-refractivity contribution in [2.24, 2.45) is 0 Å². The number of carboxylic acids is 1. The van der Waals surface area contributed by atoms with E-state index in [0.29, 0.717) is 24.6 Å². The highest BCUT2D eigenvalue weighted by atomic mass is 19.1. The number of hydrogen-bond acceptors (Lipinski definition) is 7. The van der Waals surface area contributed by atoms with Gasteiger partial charge in [-0.1, -0.05) is 0 Å². The van der Waals surface area contributed by atoms with E-state index >= 15 is 4.39 Å². The first-order valence-corrected chi connectivity index (χ1v) is 9.45. The van der Waals surface area contributed by atoms with Crippen LogP contribution in [0.2, 0.25) is 0 Å². The van der Waals surface area contributed by atoms with E-state index in [2.05, 4.69) is 15.3 Å². The number of halogens is 1. The van der Waals surface area contributed by atoms with Crippen molar-refractivity contribution in [3.8, 4) is 5.75 Å². The van der Waals surface area contributed by atoms with Crippen LogP contribution in [0.25, 0.3) is 10.9 Å². The molecule has 2 aliphatic heterocycles. The standard InChI is InChI=1S/C19H19FN6O4/c1-24-17(18(28)29)30-16-14-11(13(27)3-7-26(14)24)8-12(20)15(16)25-6-2-10(9-25)23-19-21-4-5-22-19/h3-5,7-8,10,17H,2,6,9H2,1H3,(H,28,29)(H2,21,22,23)/t10-,17?/m0/s1. The third-order valence-electron chi connectivity index (χ3n) is 5.51. The summed E-state index contributed by atoms with van der Waals surface area (Å²) in [6, 6.07) is 2.49. The second-order valence-electron chi connectivity index (χ2n) is 7.35. The van der Waals surface area contributed by atoms with E-state index in [1.54, 1.807) is 17.3 Å². The third-order valence-corrected chi connectivity index (χ3v) is 5.51. The summed E-state index contributed by atoms with van der Waals surface area (Å²) in [6.07, 6.45) is 4.18. The van der Waals surface area contributed by atoms with Gasteiger partial charge < -0.3 is 25.0 Å². The Labute approximate surface area is 169 Å². The van der Waals surface area contributed by atoms with Gasteiger partial charge in [0.15, 0.2) is 22.9 Å². The van der Waals surface area contributed by atoms with Crippen LogP contribution in [0.4, 0.5) is 16.0 Å². The second kappa shape index (κ2) is 6.65. The number of nitrogens with zero attached hydrogens (tertiary/aromatic N) is 4. The highest BCUT2D eigenvalue weighted by molar-refractivity contribution is 5.93.